The van der Waals surface area contributed by atoms with Gasteiger partial charge in [-0.3, -0.25) is 4.79 Å². The number of hydrogen-bond donors (Lipinski definition) is 2. The number of aromatic nitrogens is 1. The standard InChI is InChI=1S/C16H21N3O.2ClH/c1-3-19(2)10-11-6-7-12-14(9-11)18-16(20)13-5-4-8-17-15(12)13;;/h6-7,9,17H,3-5,8,10H2,1-2H3,(H,18,20);2*1H. The maximum atomic E-state index is 12.2. The number of nitrogens with one attached hydrogen (secondary N) is 2. The second kappa shape index (κ2) is 7.86. The van der Waals surface area contributed by atoms with Crippen molar-refractivity contribution in [3.05, 3.63) is 39.7 Å². The summed E-state index contributed by atoms with van der Waals surface area (Å²) in [6, 6.07) is 6.38. The maximum absolute atomic E-state index is 12.2. The number of anilines is 1. The van der Waals surface area contributed by atoms with Gasteiger partial charge in [-0.2, -0.15) is 0 Å². The van der Waals surface area contributed by atoms with Crippen molar-refractivity contribution in [2.24, 2.45) is 0 Å². The highest BCUT2D eigenvalue weighted by Gasteiger charge is 2.16. The van der Waals surface area contributed by atoms with Crippen molar-refractivity contribution in [2.45, 2.75) is 26.3 Å². The summed E-state index contributed by atoms with van der Waals surface area (Å²) in [5, 5.41) is 4.51. The Morgan fingerprint density at radius 1 is 1.27 bits per heavy atom. The summed E-state index contributed by atoms with van der Waals surface area (Å²) in [5.74, 6) is 0. The second-order valence-electron chi connectivity index (χ2n) is 5.55. The van der Waals surface area contributed by atoms with Crippen molar-refractivity contribution < 1.29 is 0 Å². The molecular formula is C16H23Cl2N3O. The summed E-state index contributed by atoms with van der Waals surface area (Å²) in [5.41, 5.74) is 4.16. The summed E-state index contributed by atoms with van der Waals surface area (Å²) in [6.45, 7) is 5.01. The molecule has 0 bridgehead atoms. The highest BCUT2D eigenvalue weighted by atomic mass is 35.5. The minimum Gasteiger partial charge on any atom is -0.384 e. The van der Waals surface area contributed by atoms with E-state index in [2.05, 4.69) is 47.4 Å². The molecule has 0 saturated carbocycles. The molecule has 0 radical (unpaired) electrons. The molecular weight excluding hydrogens is 321 g/mol. The molecule has 0 aliphatic carbocycles. The first-order valence-corrected chi connectivity index (χ1v) is 7.29. The number of halogens is 2. The van der Waals surface area contributed by atoms with Gasteiger partial charge in [0, 0.05) is 24.0 Å². The van der Waals surface area contributed by atoms with Crippen LogP contribution in [-0.2, 0) is 13.0 Å². The average Bonchev–Trinajstić information content (AvgIpc) is 2.47. The molecule has 0 saturated heterocycles. The average molecular weight is 344 g/mol. The van der Waals surface area contributed by atoms with Gasteiger partial charge in [0.15, 0.2) is 0 Å². The predicted octanol–water partition coefficient (Wildman–Crippen LogP) is 3.18. The Bertz CT molecular complexity index is 700. The fourth-order valence-corrected chi connectivity index (χ4v) is 2.83. The van der Waals surface area contributed by atoms with Crippen LogP contribution in [0.15, 0.2) is 23.0 Å². The molecule has 1 aromatic heterocycles. The highest BCUT2D eigenvalue weighted by molar-refractivity contribution is 5.93. The summed E-state index contributed by atoms with van der Waals surface area (Å²) >= 11 is 0. The van der Waals surface area contributed by atoms with Crippen molar-refractivity contribution in [3.8, 4) is 0 Å². The van der Waals surface area contributed by atoms with Crippen molar-refractivity contribution in [1.82, 2.24) is 9.88 Å². The van der Waals surface area contributed by atoms with E-state index >= 15 is 0 Å². The number of nitrogens with zero attached hydrogens (tertiary/aromatic N) is 1. The summed E-state index contributed by atoms with van der Waals surface area (Å²) < 4.78 is 0. The molecule has 0 atom stereocenters. The fourth-order valence-electron chi connectivity index (χ4n) is 2.83. The largest absolute Gasteiger partial charge is 0.384 e. The van der Waals surface area contributed by atoms with Crippen LogP contribution >= 0.6 is 24.8 Å². The van der Waals surface area contributed by atoms with E-state index in [0.717, 1.165) is 54.6 Å². The molecule has 4 nitrogen and oxygen atoms in total. The van der Waals surface area contributed by atoms with E-state index < -0.39 is 0 Å². The lowest BCUT2D eigenvalue weighted by Crippen LogP contribution is -2.22. The number of H-pyrrole nitrogens is 1. The Morgan fingerprint density at radius 3 is 2.77 bits per heavy atom. The molecule has 2 heterocycles. The van der Waals surface area contributed by atoms with Crippen LogP contribution in [-0.4, -0.2) is 30.0 Å². The van der Waals surface area contributed by atoms with Crippen molar-refractivity contribution in [1.29, 1.82) is 0 Å². The first kappa shape index (κ1) is 18.8. The number of fused-ring (bicyclic) bond motifs is 3. The van der Waals surface area contributed by atoms with Crippen LogP contribution in [0.3, 0.4) is 0 Å². The van der Waals surface area contributed by atoms with Gasteiger partial charge < -0.3 is 15.2 Å². The number of aromatic amines is 1. The van der Waals surface area contributed by atoms with Gasteiger partial charge in [-0.05, 0) is 38.1 Å². The first-order valence-electron chi connectivity index (χ1n) is 7.29. The van der Waals surface area contributed by atoms with Gasteiger partial charge >= 0.3 is 0 Å². The van der Waals surface area contributed by atoms with Gasteiger partial charge in [-0.1, -0.05) is 19.1 Å². The van der Waals surface area contributed by atoms with Gasteiger partial charge in [-0.15, -0.1) is 24.8 Å². The Labute approximate surface area is 143 Å². The Hall–Kier alpha value is -1.23. The summed E-state index contributed by atoms with van der Waals surface area (Å²) in [4.78, 5) is 17.4. The zero-order valence-corrected chi connectivity index (χ0v) is 14.6. The second-order valence-corrected chi connectivity index (χ2v) is 5.55. The summed E-state index contributed by atoms with van der Waals surface area (Å²) in [6.07, 6.45) is 1.90. The molecule has 122 valence electrons. The van der Waals surface area contributed by atoms with Crippen molar-refractivity contribution in [3.63, 3.8) is 0 Å². The number of rotatable bonds is 3. The van der Waals surface area contributed by atoms with Gasteiger partial charge in [-0.25, -0.2) is 0 Å². The molecule has 0 unspecified atom stereocenters. The molecule has 0 fully saturated rings. The quantitative estimate of drug-likeness (QED) is 0.899. The van der Waals surface area contributed by atoms with E-state index in [1.54, 1.807) is 0 Å². The molecule has 1 aromatic carbocycles. The molecule has 2 aromatic rings. The van der Waals surface area contributed by atoms with Crippen molar-refractivity contribution in [2.75, 3.05) is 25.5 Å². The third kappa shape index (κ3) is 3.57. The summed E-state index contributed by atoms with van der Waals surface area (Å²) in [7, 11) is 2.10. The van der Waals surface area contributed by atoms with E-state index in [4.69, 9.17) is 0 Å². The molecule has 2 N–H and O–H groups in total. The monoisotopic (exact) mass is 343 g/mol. The van der Waals surface area contributed by atoms with Crippen LogP contribution in [0.1, 0.15) is 24.5 Å². The van der Waals surface area contributed by atoms with Gasteiger partial charge in [0.05, 0.1) is 11.2 Å². The zero-order chi connectivity index (χ0) is 14.1. The van der Waals surface area contributed by atoms with Crippen LogP contribution in [0, 0.1) is 0 Å². The Morgan fingerprint density at radius 2 is 2.05 bits per heavy atom. The fraction of sp³-hybridized carbons (Fsp3) is 0.438. The van der Waals surface area contributed by atoms with E-state index in [9.17, 15) is 4.79 Å². The van der Waals surface area contributed by atoms with E-state index in [1.165, 1.54) is 5.56 Å². The molecule has 22 heavy (non-hydrogen) atoms. The van der Waals surface area contributed by atoms with Crippen LogP contribution in [0.4, 0.5) is 5.69 Å². The molecule has 6 heteroatoms. The predicted molar refractivity (Wildman–Crippen MR) is 97.9 cm³/mol. The zero-order valence-electron chi connectivity index (χ0n) is 12.9. The van der Waals surface area contributed by atoms with E-state index in [-0.39, 0.29) is 30.4 Å². The van der Waals surface area contributed by atoms with Gasteiger partial charge in [0.25, 0.3) is 5.56 Å². The maximum Gasteiger partial charge on any atom is 0.253 e. The molecule has 0 spiro atoms. The lowest BCUT2D eigenvalue weighted by molar-refractivity contribution is 0.346. The van der Waals surface area contributed by atoms with Crippen molar-refractivity contribution >= 4 is 41.4 Å². The van der Waals surface area contributed by atoms with E-state index in [1.807, 2.05) is 0 Å². The van der Waals surface area contributed by atoms with Gasteiger partial charge in [0.1, 0.15) is 0 Å². The normalized spacial score (nSPS) is 13.0. The lowest BCUT2D eigenvalue weighted by Gasteiger charge is -2.20. The number of hydrogen-bond acceptors (Lipinski definition) is 3. The molecule has 0 amide bonds. The third-order valence-electron chi connectivity index (χ3n) is 4.08. The highest BCUT2D eigenvalue weighted by Crippen LogP contribution is 2.28. The lowest BCUT2D eigenvalue weighted by atomic mass is 10.0. The Kier molecular flexibility index (Phi) is 6.72. The van der Waals surface area contributed by atoms with Crippen LogP contribution in [0.25, 0.3) is 10.9 Å². The first-order chi connectivity index (χ1) is 9.69. The molecule has 1 aliphatic heterocycles. The van der Waals surface area contributed by atoms with Crippen LogP contribution in [0.2, 0.25) is 0 Å². The van der Waals surface area contributed by atoms with Crippen LogP contribution < -0.4 is 10.9 Å². The molecule has 1 aliphatic rings. The van der Waals surface area contributed by atoms with Gasteiger partial charge in [0.2, 0.25) is 0 Å². The van der Waals surface area contributed by atoms with Crippen LogP contribution in [0.5, 0.6) is 0 Å². The minimum absolute atomic E-state index is 0. The Balaban J connectivity index is 0.00000121. The third-order valence-corrected chi connectivity index (χ3v) is 4.08. The van der Waals surface area contributed by atoms with E-state index in [0.29, 0.717) is 0 Å². The minimum atomic E-state index is 0. The SMILES string of the molecule is CCN(C)Cc1ccc2c3c(c(=O)[nH]c2c1)CCCN3.Cl.Cl. The molecule has 3 rings (SSSR count). The number of benzene rings is 1. The topological polar surface area (TPSA) is 48.1 Å². The smallest absolute Gasteiger partial charge is 0.253 e. The number of pyridine rings is 1.